The maximum atomic E-state index is 13.9. The number of nitrogens with zero attached hydrogens (tertiary/aromatic N) is 2. The normalized spacial score (nSPS) is 15.7. The van der Waals surface area contributed by atoms with Gasteiger partial charge in [0.15, 0.2) is 6.61 Å². The Morgan fingerprint density at radius 3 is 2.32 bits per heavy atom. The first kappa shape index (κ1) is 22.9. The quantitative estimate of drug-likeness (QED) is 0.639. The van der Waals surface area contributed by atoms with Crippen molar-refractivity contribution in [3.8, 4) is 5.75 Å². The molecule has 1 aliphatic rings. The molecule has 3 rings (SSSR count). The number of ether oxygens (including phenoxy) is 1. The molecular formula is C19H17F5N2O4S. The Kier molecular flexibility index (Phi) is 6.51. The van der Waals surface area contributed by atoms with Gasteiger partial charge in [0.2, 0.25) is 10.0 Å². The summed E-state index contributed by atoms with van der Waals surface area (Å²) < 4.78 is 96.6. The van der Waals surface area contributed by atoms with Gasteiger partial charge >= 0.3 is 6.18 Å². The molecule has 0 unspecified atom stereocenters. The predicted molar refractivity (Wildman–Crippen MR) is 98.6 cm³/mol. The SMILES string of the molecule is O=C(COc1cccc(C(F)(F)F)c1)N1CCN(S(=O)(=O)c2cc(F)ccc2F)CC1. The van der Waals surface area contributed by atoms with Gasteiger partial charge in [0.05, 0.1) is 5.56 Å². The van der Waals surface area contributed by atoms with E-state index >= 15 is 0 Å². The van der Waals surface area contributed by atoms with Crippen LogP contribution >= 0.6 is 0 Å². The largest absolute Gasteiger partial charge is 0.484 e. The van der Waals surface area contributed by atoms with E-state index < -0.39 is 50.8 Å². The van der Waals surface area contributed by atoms with Gasteiger partial charge in [-0.15, -0.1) is 0 Å². The minimum atomic E-state index is -4.55. The van der Waals surface area contributed by atoms with Crippen molar-refractivity contribution in [1.29, 1.82) is 0 Å². The summed E-state index contributed by atoms with van der Waals surface area (Å²) in [6.45, 7) is -0.935. The minimum absolute atomic E-state index is 0.0407. The molecule has 12 heteroatoms. The van der Waals surface area contributed by atoms with Crippen LogP contribution in [0.4, 0.5) is 22.0 Å². The van der Waals surface area contributed by atoms with Gasteiger partial charge in [-0.1, -0.05) is 6.07 Å². The predicted octanol–water partition coefficient (Wildman–Crippen LogP) is 2.90. The molecule has 1 heterocycles. The number of rotatable bonds is 5. The summed E-state index contributed by atoms with van der Waals surface area (Å²) in [7, 11) is -4.30. The molecule has 0 aliphatic carbocycles. The van der Waals surface area contributed by atoms with Crippen molar-refractivity contribution >= 4 is 15.9 Å². The van der Waals surface area contributed by atoms with Crippen LogP contribution in [0.1, 0.15) is 5.56 Å². The second kappa shape index (κ2) is 8.79. The standard InChI is InChI=1S/C19H17F5N2O4S/c20-14-4-5-16(21)17(11-14)31(28,29)26-8-6-25(7-9-26)18(27)12-30-15-3-1-2-13(10-15)19(22,23)24/h1-5,10-11H,6-9,12H2. The fourth-order valence-electron chi connectivity index (χ4n) is 2.99. The lowest BCUT2D eigenvalue weighted by Gasteiger charge is -2.34. The van der Waals surface area contributed by atoms with Gasteiger partial charge in [-0.25, -0.2) is 17.2 Å². The van der Waals surface area contributed by atoms with Gasteiger partial charge < -0.3 is 9.64 Å². The Balaban J connectivity index is 1.58. The molecule has 168 valence electrons. The summed E-state index contributed by atoms with van der Waals surface area (Å²) in [4.78, 5) is 12.8. The molecule has 0 spiro atoms. The molecule has 0 atom stereocenters. The summed E-state index contributed by atoms with van der Waals surface area (Å²) in [5.74, 6) is -2.67. The Morgan fingerprint density at radius 1 is 1.00 bits per heavy atom. The lowest BCUT2D eigenvalue weighted by molar-refractivity contribution is -0.137. The van der Waals surface area contributed by atoms with E-state index in [2.05, 4.69) is 0 Å². The number of carbonyl (C=O) groups excluding carboxylic acids is 1. The zero-order chi connectivity index (χ0) is 22.8. The first-order chi connectivity index (χ1) is 14.5. The van der Waals surface area contributed by atoms with Gasteiger partial charge in [-0.05, 0) is 36.4 Å². The first-order valence-electron chi connectivity index (χ1n) is 9.01. The van der Waals surface area contributed by atoms with E-state index in [1.54, 1.807) is 0 Å². The van der Waals surface area contributed by atoms with E-state index in [1.165, 1.54) is 11.0 Å². The molecule has 1 aliphatic heterocycles. The Hall–Kier alpha value is -2.73. The van der Waals surface area contributed by atoms with Gasteiger partial charge in [-0.2, -0.15) is 17.5 Å². The molecule has 1 fully saturated rings. The van der Waals surface area contributed by atoms with Crippen LogP contribution in [0.5, 0.6) is 5.75 Å². The Bertz CT molecular complexity index is 1070. The highest BCUT2D eigenvalue weighted by atomic mass is 32.2. The summed E-state index contributed by atoms with van der Waals surface area (Å²) in [5.41, 5.74) is -0.916. The van der Waals surface area contributed by atoms with E-state index in [-0.39, 0.29) is 31.9 Å². The fourth-order valence-corrected chi connectivity index (χ4v) is 4.49. The number of alkyl halides is 3. The van der Waals surface area contributed by atoms with E-state index in [0.717, 1.165) is 28.6 Å². The zero-order valence-corrected chi connectivity index (χ0v) is 16.7. The molecule has 0 bridgehead atoms. The summed E-state index contributed by atoms with van der Waals surface area (Å²) in [6.07, 6.45) is -4.55. The number of halogens is 5. The van der Waals surface area contributed by atoms with Gasteiger partial charge in [0.1, 0.15) is 22.3 Å². The van der Waals surface area contributed by atoms with E-state index in [4.69, 9.17) is 4.74 Å². The molecule has 1 amide bonds. The highest BCUT2D eigenvalue weighted by Crippen LogP contribution is 2.31. The lowest BCUT2D eigenvalue weighted by atomic mass is 10.2. The summed E-state index contributed by atoms with van der Waals surface area (Å²) in [5, 5.41) is 0. The van der Waals surface area contributed by atoms with Crippen LogP contribution in [0, 0.1) is 11.6 Å². The maximum absolute atomic E-state index is 13.9. The number of amides is 1. The Labute approximate surface area is 174 Å². The van der Waals surface area contributed by atoms with Crippen LogP contribution in [0.15, 0.2) is 47.4 Å². The average molecular weight is 464 g/mol. The van der Waals surface area contributed by atoms with Crippen LogP contribution in [0.3, 0.4) is 0 Å². The number of benzene rings is 2. The monoisotopic (exact) mass is 464 g/mol. The number of hydrogen-bond donors (Lipinski definition) is 0. The van der Waals surface area contributed by atoms with Crippen molar-refractivity contribution in [3.63, 3.8) is 0 Å². The summed E-state index contributed by atoms with van der Waals surface area (Å²) >= 11 is 0. The average Bonchev–Trinajstić information content (AvgIpc) is 2.73. The zero-order valence-electron chi connectivity index (χ0n) is 15.9. The van der Waals surface area contributed by atoms with Crippen LogP contribution < -0.4 is 4.74 Å². The van der Waals surface area contributed by atoms with Crippen LogP contribution in [0.2, 0.25) is 0 Å². The molecule has 2 aromatic carbocycles. The van der Waals surface area contributed by atoms with Gasteiger partial charge in [-0.3, -0.25) is 4.79 Å². The van der Waals surface area contributed by atoms with Crippen molar-refractivity contribution in [1.82, 2.24) is 9.21 Å². The lowest BCUT2D eigenvalue weighted by Crippen LogP contribution is -2.51. The van der Waals surface area contributed by atoms with E-state index in [0.29, 0.717) is 12.1 Å². The summed E-state index contributed by atoms with van der Waals surface area (Å²) in [6, 6.07) is 6.17. The van der Waals surface area contributed by atoms with Crippen LogP contribution in [0.25, 0.3) is 0 Å². The molecule has 6 nitrogen and oxygen atoms in total. The third-order valence-corrected chi connectivity index (χ3v) is 6.54. The molecule has 31 heavy (non-hydrogen) atoms. The molecule has 0 saturated carbocycles. The second-order valence-electron chi connectivity index (χ2n) is 6.67. The fraction of sp³-hybridized carbons (Fsp3) is 0.316. The van der Waals surface area contributed by atoms with Crippen molar-refractivity contribution in [2.75, 3.05) is 32.8 Å². The van der Waals surface area contributed by atoms with Gasteiger partial charge in [0, 0.05) is 26.2 Å². The smallest absolute Gasteiger partial charge is 0.416 e. The number of sulfonamides is 1. The number of carbonyl (C=O) groups is 1. The molecular weight excluding hydrogens is 447 g/mol. The van der Waals surface area contributed by atoms with Crippen molar-refractivity contribution in [3.05, 3.63) is 59.7 Å². The van der Waals surface area contributed by atoms with Crippen molar-refractivity contribution in [2.45, 2.75) is 11.1 Å². The van der Waals surface area contributed by atoms with Crippen molar-refractivity contribution in [2.24, 2.45) is 0 Å². The second-order valence-corrected chi connectivity index (χ2v) is 8.58. The number of piperazine rings is 1. The van der Waals surface area contributed by atoms with Crippen LogP contribution in [-0.2, 0) is 21.0 Å². The van der Waals surface area contributed by atoms with Gasteiger partial charge in [0.25, 0.3) is 5.91 Å². The highest BCUT2D eigenvalue weighted by molar-refractivity contribution is 7.89. The minimum Gasteiger partial charge on any atom is -0.484 e. The third kappa shape index (κ3) is 5.31. The Morgan fingerprint density at radius 2 is 1.68 bits per heavy atom. The molecule has 2 aromatic rings. The van der Waals surface area contributed by atoms with E-state index in [1.807, 2.05) is 0 Å². The number of hydrogen-bond acceptors (Lipinski definition) is 4. The molecule has 0 aromatic heterocycles. The molecule has 0 N–H and O–H groups in total. The topological polar surface area (TPSA) is 66.9 Å². The maximum Gasteiger partial charge on any atom is 0.416 e. The van der Waals surface area contributed by atoms with Crippen LogP contribution in [-0.4, -0.2) is 56.3 Å². The highest BCUT2D eigenvalue weighted by Gasteiger charge is 2.33. The first-order valence-corrected chi connectivity index (χ1v) is 10.5. The van der Waals surface area contributed by atoms with E-state index in [9.17, 15) is 35.2 Å². The molecule has 0 radical (unpaired) electrons. The van der Waals surface area contributed by atoms with Crippen molar-refractivity contribution < 1.29 is 39.9 Å². The molecule has 1 saturated heterocycles. The third-order valence-electron chi connectivity index (χ3n) is 4.63.